The number of fused-ring (bicyclic) bond motifs is 7. The first-order valence-corrected chi connectivity index (χ1v) is 15.7. The monoisotopic (exact) mass is 619 g/mol. The van der Waals surface area contributed by atoms with Crippen LogP contribution < -0.4 is 5.73 Å². The van der Waals surface area contributed by atoms with E-state index in [0.717, 1.165) is 35.7 Å². The van der Waals surface area contributed by atoms with Crippen molar-refractivity contribution in [2.24, 2.45) is 22.7 Å². The number of anilines is 1. The standard InChI is InChI=1S/C36H39F2NO6/c1-33-13-12-24(41)15-27(33)28(37)16-26-25-17-31-36(30(43)19-40,34(25,2)18-29(42)35(26,33)38)45-32(44-31)22-10-8-20(9-11-22)6-7-21-4-3-5-23(39)14-21/h3-5,8-15,25-26,28-29,31-32,40,42H,6-7,16-19,39H2,1-2H3/t25-,26-,28-,29-,31+,32-,33-,34-,35-,36+/m0/s1. The molecule has 2 aromatic carbocycles. The van der Waals surface area contributed by atoms with Gasteiger partial charge in [0, 0.05) is 28.0 Å². The lowest BCUT2D eigenvalue weighted by Crippen LogP contribution is -2.70. The van der Waals surface area contributed by atoms with E-state index in [0.29, 0.717) is 5.56 Å². The summed E-state index contributed by atoms with van der Waals surface area (Å²) in [6.45, 7) is 2.50. The van der Waals surface area contributed by atoms with Gasteiger partial charge in [0.2, 0.25) is 0 Å². The Kier molecular flexibility index (Phi) is 7.02. The number of hydrogen-bond acceptors (Lipinski definition) is 7. The predicted octanol–water partition coefficient (Wildman–Crippen LogP) is 4.70. The number of nitrogen functional groups attached to an aromatic ring is 1. The lowest BCUT2D eigenvalue weighted by molar-refractivity contribution is -0.235. The Labute approximate surface area is 261 Å². The molecule has 0 amide bonds. The third kappa shape index (κ3) is 4.13. The maximum atomic E-state index is 17.6. The summed E-state index contributed by atoms with van der Waals surface area (Å²) in [5, 5.41) is 21.8. The number of alkyl halides is 2. The summed E-state index contributed by atoms with van der Waals surface area (Å²) in [4.78, 5) is 25.8. The Bertz CT molecular complexity index is 1610. The maximum absolute atomic E-state index is 17.6. The van der Waals surface area contributed by atoms with Crippen LogP contribution in [-0.2, 0) is 31.9 Å². The van der Waals surface area contributed by atoms with Crippen LogP contribution in [0.3, 0.4) is 0 Å². The lowest BCUT2D eigenvalue weighted by atomic mass is 9.44. The van der Waals surface area contributed by atoms with Crippen molar-refractivity contribution in [3.05, 3.63) is 89.0 Å². The number of Topliss-reactive ketones (excluding diaryl/α,β-unsaturated/α-hetero) is 1. The van der Waals surface area contributed by atoms with E-state index < -0.39 is 76.8 Å². The number of allylic oxidation sites excluding steroid dienone is 4. The highest BCUT2D eigenvalue weighted by Crippen LogP contribution is 2.72. The van der Waals surface area contributed by atoms with Crippen molar-refractivity contribution in [1.29, 1.82) is 0 Å². The number of ether oxygens (including phenoxy) is 2. The molecule has 45 heavy (non-hydrogen) atoms. The second kappa shape index (κ2) is 10.4. The summed E-state index contributed by atoms with van der Waals surface area (Å²) in [7, 11) is 0. The SMILES string of the molecule is C[C@]12C=CC(=O)C=C1[C@@H](F)C[C@H]1[C@@H]3C[C@H]4O[C@H](c5ccc(CCc6cccc(N)c6)cc5)O[C@@]4(C(=O)CO)[C@@]3(C)C[C@H](O)[C@@]12F. The number of carbonyl (C=O) groups excluding carboxylic acids is 2. The summed E-state index contributed by atoms with van der Waals surface area (Å²) in [5.74, 6) is -2.59. The van der Waals surface area contributed by atoms with Crippen LogP contribution in [0.2, 0.25) is 0 Å². The van der Waals surface area contributed by atoms with Gasteiger partial charge in [0.15, 0.2) is 29.1 Å². The van der Waals surface area contributed by atoms with Crippen molar-refractivity contribution >= 4 is 17.3 Å². The second-order valence-electron chi connectivity index (χ2n) is 14.0. The third-order valence-corrected chi connectivity index (χ3v) is 11.8. The highest BCUT2D eigenvalue weighted by Gasteiger charge is 2.80. The quantitative estimate of drug-likeness (QED) is 0.402. The smallest absolute Gasteiger partial charge is 0.193 e. The molecule has 4 fully saturated rings. The molecule has 10 atom stereocenters. The number of ketones is 2. The van der Waals surface area contributed by atoms with Gasteiger partial charge < -0.3 is 25.4 Å². The number of hydrogen-bond donors (Lipinski definition) is 3. The average molecular weight is 620 g/mol. The number of aliphatic hydroxyl groups excluding tert-OH is 2. The minimum atomic E-state index is -2.29. The van der Waals surface area contributed by atoms with Crippen LogP contribution in [-0.4, -0.2) is 58.0 Å². The van der Waals surface area contributed by atoms with Gasteiger partial charge in [-0.2, -0.15) is 0 Å². The number of carbonyl (C=O) groups is 2. The molecule has 1 aliphatic heterocycles. The van der Waals surface area contributed by atoms with Crippen LogP contribution in [0.1, 0.15) is 56.1 Å². The first kappa shape index (κ1) is 30.4. The minimum Gasteiger partial charge on any atom is -0.399 e. The van der Waals surface area contributed by atoms with Crippen molar-refractivity contribution in [2.45, 2.75) is 81.9 Å². The van der Waals surface area contributed by atoms with E-state index in [-0.39, 0.29) is 24.8 Å². The molecular formula is C36H39F2NO6. The first-order valence-electron chi connectivity index (χ1n) is 15.7. The number of rotatable bonds is 6. The Hall–Kier alpha value is -3.24. The molecule has 1 heterocycles. The van der Waals surface area contributed by atoms with Crippen molar-refractivity contribution < 1.29 is 38.1 Å². The van der Waals surface area contributed by atoms with E-state index in [1.165, 1.54) is 12.2 Å². The summed E-state index contributed by atoms with van der Waals surface area (Å²) in [6, 6.07) is 15.5. The van der Waals surface area contributed by atoms with Gasteiger partial charge >= 0.3 is 0 Å². The molecule has 238 valence electrons. The van der Waals surface area contributed by atoms with Crippen LogP contribution in [0.15, 0.2) is 72.3 Å². The highest BCUT2D eigenvalue weighted by atomic mass is 19.1. The molecule has 0 unspecified atom stereocenters. The van der Waals surface area contributed by atoms with Gasteiger partial charge in [-0.15, -0.1) is 0 Å². The fourth-order valence-corrected chi connectivity index (χ4v) is 9.59. The molecule has 4 N–H and O–H groups in total. The Morgan fingerprint density at radius 3 is 2.51 bits per heavy atom. The van der Waals surface area contributed by atoms with Gasteiger partial charge in [0.05, 0.1) is 12.2 Å². The second-order valence-corrected chi connectivity index (χ2v) is 14.0. The average Bonchev–Trinajstić information content (AvgIpc) is 3.52. The zero-order valence-electron chi connectivity index (χ0n) is 25.4. The van der Waals surface area contributed by atoms with Gasteiger partial charge in [-0.05, 0) is 85.9 Å². The highest BCUT2D eigenvalue weighted by molar-refractivity contribution is 6.01. The van der Waals surface area contributed by atoms with Crippen LogP contribution >= 0.6 is 0 Å². The predicted molar refractivity (Wildman–Crippen MR) is 162 cm³/mol. The molecule has 7 nitrogen and oxygen atoms in total. The van der Waals surface area contributed by atoms with Gasteiger partial charge in [0.1, 0.15) is 12.8 Å². The molecule has 0 bridgehead atoms. The van der Waals surface area contributed by atoms with Crippen molar-refractivity contribution in [3.8, 4) is 0 Å². The molecule has 4 aliphatic carbocycles. The van der Waals surface area contributed by atoms with E-state index in [4.69, 9.17) is 15.2 Å². The third-order valence-electron chi connectivity index (χ3n) is 11.8. The van der Waals surface area contributed by atoms with Crippen LogP contribution in [0.5, 0.6) is 0 Å². The van der Waals surface area contributed by atoms with Gasteiger partial charge in [-0.1, -0.05) is 49.4 Å². The van der Waals surface area contributed by atoms with E-state index in [1.807, 2.05) is 48.5 Å². The zero-order chi connectivity index (χ0) is 31.9. The number of nitrogens with two attached hydrogens (primary N) is 1. The summed E-state index contributed by atoms with van der Waals surface area (Å²) >= 11 is 0. The topological polar surface area (TPSA) is 119 Å². The number of benzene rings is 2. The molecule has 7 rings (SSSR count). The van der Waals surface area contributed by atoms with E-state index in [2.05, 4.69) is 0 Å². The van der Waals surface area contributed by atoms with Crippen LogP contribution in [0, 0.1) is 22.7 Å². The lowest BCUT2D eigenvalue weighted by Gasteiger charge is -2.63. The van der Waals surface area contributed by atoms with Crippen molar-refractivity contribution in [3.63, 3.8) is 0 Å². The maximum Gasteiger partial charge on any atom is 0.193 e. The molecule has 9 heteroatoms. The first-order chi connectivity index (χ1) is 21.4. The molecule has 2 aromatic rings. The Balaban J connectivity index is 1.18. The van der Waals surface area contributed by atoms with Crippen molar-refractivity contribution in [1.82, 2.24) is 0 Å². The van der Waals surface area contributed by atoms with Gasteiger partial charge in [0.25, 0.3) is 0 Å². The molecule has 3 saturated carbocycles. The van der Waals surface area contributed by atoms with Crippen LogP contribution in [0.4, 0.5) is 14.5 Å². The molecule has 5 aliphatic rings. The fourth-order valence-electron chi connectivity index (χ4n) is 9.59. The minimum absolute atomic E-state index is 0.0413. The normalized spacial score (nSPS) is 41.6. The fraction of sp³-hybridized carbons (Fsp3) is 0.500. The molecule has 0 radical (unpaired) electrons. The number of halogens is 2. The number of aryl methyl sites for hydroxylation is 2. The summed E-state index contributed by atoms with van der Waals surface area (Å²) < 4.78 is 46.3. The Morgan fingerprint density at radius 2 is 1.80 bits per heavy atom. The van der Waals surface area contributed by atoms with Gasteiger partial charge in [-0.3, -0.25) is 9.59 Å². The van der Waals surface area contributed by atoms with Crippen LogP contribution in [0.25, 0.3) is 0 Å². The largest absolute Gasteiger partial charge is 0.399 e. The van der Waals surface area contributed by atoms with Crippen molar-refractivity contribution in [2.75, 3.05) is 12.3 Å². The molecule has 0 aromatic heterocycles. The molecule has 0 spiro atoms. The molecular weight excluding hydrogens is 580 g/mol. The van der Waals surface area contributed by atoms with Gasteiger partial charge in [-0.25, -0.2) is 8.78 Å². The number of aliphatic hydroxyl groups is 2. The summed E-state index contributed by atoms with van der Waals surface area (Å²) in [6.07, 6.45) is 0.260. The Morgan fingerprint density at radius 1 is 1.07 bits per heavy atom. The van der Waals surface area contributed by atoms with E-state index in [1.54, 1.807) is 13.8 Å². The van der Waals surface area contributed by atoms with E-state index in [9.17, 15) is 19.8 Å². The zero-order valence-corrected chi connectivity index (χ0v) is 25.4. The van der Waals surface area contributed by atoms with E-state index >= 15 is 8.78 Å². The molecule has 1 saturated heterocycles. The summed E-state index contributed by atoms with van der Waals surface area (Å²) in [5.41, 5.74) is 2.96.